The van der Waals surface area contributed by atoms with Gasteiger partial charge in [0.1, 0.15) is 11.6 Å². The Morgan fingerprint density at radius 3 is 2.64 bits per heavy atom. The number of nitriles is 1. The van der Waals surface area contributed by atoms with E-state index in [1.807, 2.05) is 4.98 Å². The maximum atomic E-state index is 11.8. The maximum absolute atomic E-state index is 11.8. The molecule has 0 fully saturated rings. The van der Waals surface area contributed by atoms with Gasteiger partial charge in [-0.1, -0.05) is 0 Å². The molecule has 0 bridgehead atoms. The summed E-state index contributed by atoms with van der Waals surface area (Å²) in [5.74, 6) is -1.04. The second-order valence-corrected chi connectivity index (χ2v) is 2.21. The molecule has 0 aliphatic rings. The third-order valence-electron chi connectivity index (χ3n) is 1.25. The van der Waals surface area contributed by atoms with Crippen molar-refractivity contribution in [1.82, 2.24) is 4.98 Å². The minimum atomic E-state index is -4.99. The summed E-state index contributed by atoms with van der Waals surface area (Å²) in [6.45, 7) is 0. The van der Waals surface area contributed by atoms with E-state index in [4.69, 9.17) is 5.26 Å². The van der Waals surface area contributed by atoms with Crippen LogP contribution in [0.1, 0.15) is 5.56 Å². The fourth-order valence-corrected chi connectivity index (χ4v) is 0.769. The summed E-state index contributed by atoms with van der Waals surface area (Å²) in [6, 6.07) is 2.43. The normalized spacial score (nSPS) is 10.7. The zero-order valence-corrected chi connectivity index (χ0v) is 6.55. The first kappa shape index (κ1) is 10.1. The molecule has 1 rings (SSSR count). The van der Waals surface area contributed by atoms with E-state index in [1.54, 1.807) is 0 Å². The number of rotatable bonds is 1. The van der Waals surface area contributed by atoms with Crippen LogP contribution in [-0.4, -0.2) is 11.3 Å². The molecule has 7 heteroatoms. The first-order valence-electron chi connectivity index (χ1n) is 3.31. The number of halogens is 3. The van der Waals surface area contributed by atoms with Crippen LogP contribution in [-0.2, 0) is 0 Å². The van der Waals surface area contributed by atoms with E-state index in [0.717, 1.165) is 12.3 Å². The van der Waals surface area contributed by atoms with E-state index in [1.165, 1.54) is 6.07 Å². The van der Waals surface area contributed by atoms with Gasteiger partial charge in [0.2, 0.25) is 5.75 Å². The summed E-state index contributed by atoms with van der Waals surface area (Å²) in [5.41, 5.74) is -1.56. The Labute approximate surface area is 75.5 Å². The molecular formula is C7H3F3N2O2. The predicted molar refractivity (Wildman–Crippen MR) is 38.5 cm³/mol. The van der Waals surface area contributed by atoms with Gasteiger partial charge in [-0.15, -0.1) is 13.2 Å². The molecule has 0 unspecified atom stereocenters. The molecule has 1 N–H and O–H groups in total. The van der Waals surface area contributed by atoms with Crippen LogP contribution >= 0.6 is 0 Å². The summed E-state index contributed by atoms with van der Waals surface area (Å²) >= 11 is 0. The summed E-state index contributed by atoms with van der Waals surface area (Å²) in [4.78, 5) is 12.8. The molecule has 0 saturated carbocycles. The predicted octanol–water partition coefficient (Wildman–Crippen LogP) is 1.15. The van der Waals surface area contributed by atoms with E-state index in [9.17, 15) is 18.0 Å². The van der Waals surface area contributed by atoms with E-state index in [-0.39, 0.29) is 0 Å². The lowest BCUT2D eigenvalue weighted by molar-refractivity contribution is -0.275. The Kier molecular flexibility index (Phi) is 2.47. The largest absolute Gasteiger partial charge is 0.573 e. The minimum absolute atomic E-state index is 0.467. The molecule has 0 aliphatic carbocycles. The Bertz CT molecular complexity index is 430. The van der Waals surface area contributed by atoms with Gasteiger partial charge in [0.15, 0.2) is 0 Å². The highest BCUT2D eigenvalue weighted by atomic mass is 19.4. The van der Waals surface area contributed by atoms with Crippen LogP contribution in [0.5, 0.6) is 5.75 Å². The highest BCUT2D eigenvalue weighted by Crippen LogP contribution is 2.21. The van der Waals surface area contributed by atoms with E-state index in [0.29, 0.717) is 0 Å². The Hall–Kier alpha value is -1.97. The molecule has 0 aromatic carbocycles. The highest BCUT2D eigenvalue weighted by molar-refractivity contribution is 5.40. The number of hydrogen-bond donors (Lipinski definition) is 1. The van der Waals surface area contributed by atoms with Crippen molar-refractivity contribution in [2.75, 3.05) is 0 Å². The molecule has 0 atom stereocenters. The van der Waals surface area contributed by atoms with E-state index < -0.39 is 23.2 Å². The molecule has 0 amide bonds. The molecule has 1 heterocycles. The maximum Gasteiger partial charge on any atom is 0.573 e. The van der Waals surface area contributed by atoms with Crippen molar-refractivity contribution in [1.29, 1.82) is 5.26 Å². The molecule has 4 nitrogen and oxygen atoms in total. The number of nitrogens with zero attached hydrogens (tertiary/aromatic N) is 1. The zero-order valence-electron chi connectivity index (χ0n) is 6.55. The van der Waals surface area contributed by atoms with Crippen LogP contribution in [0.3, 0.4) is 0 Å². The summed E-state index contributed by atoms with van der Waals surface area (Å²) < 4.78 is 38.6. The number of pyridine rings is 1. The van der Waals surface area contributed by atoms with Gasteiger partial charge in [-0.05, 0) is 6.07 Å². The third-order valence-corrected chi connectivity index (χ3v) is 1.25. The highest BCUT2D eigenvalue weighted by Gasteiger charge is 2.33. The Balaban J connectivity index is 3.20. The number of aromatic nitrogens is 1. The third kappa shape index (κ3) is 2.26. The SMILES string of the molecule is N#Cc1cc[nH]c(=O)c1OC(F)(F)F. The second-order valence-electron chi connectivity index (χ2n) is 2.21. The van der Waals surface area contributed by atoms with Crippen LogP contribution in [0.2, 0.25) is 0 Å². The second kappa shape index (κ2) is 3.41. The van der Waals surface area contributed by atoms with Gasteiger partial charge in [0.05, 0.1) is 0 Å². The van der Waals surface area contributed by atoms with Gasteiger partial charge >= 0.3 is 6.36 Å². The Morgan fingerprint density at radius 1 is 1.50 bits per heavy atom. The van der Waals surface area contributed by atoms with Crippen LogP contribution < -0.4 is 10.3 Å². The zero-order chi connectivity index (χ0) is 10.8. The number of nitrogens with one attached hydrogen (secondary N) is 1. The number of alkyl halides is 3. The van der Waals surface area contributed by atoms with E-state index >= 15 is 0 Å². The van der Waals surface area contributed by atoms with Crippen LogP contribution in [0.4, 0.5) is 13.2 Å². The van der Waals surface area contributed by atoms with Gasteiger partial charge in [-0.25, -0.2) is 0 Å². The van der Waals surface area contributed by atoms with Crippen molar-refractivity contribution in [2.45, 2.75) is 6.36 Å². The van der Waals surface area contributed by atoms with Crippen molar-refractivity contribution >= 4 is 0 Å². The van der Waals surface area contributed by atoms with Crippen LogP contribution in [0.25, 0.3) is 0 Å². The summed E-state index contributed by atoms with van der Waals surface area (Å²) in [6.07, 6.45) is -3.93. The summed E-state index contributed by atoms with van der Waals surface area (Å²) in [7, 11) is 0. The molecule has 74 valence electrons. The lowest BCUT2D eigenvalue weighted by Crippen LogP contribution is -2.23. The van der Waals surface area contributed by atoms with Crippen LogP contribution in [0, 0.1) is 11.3 Å². The molecule has 1 aromatic rings. The molecule has 0 saturated heterocycles. The van der Waals surface area contributed by atoms with Crippen LogP contribution in [0.15, 0.2) is 17.1 Å². The van der Waals surface area contributed by atoms with Gasteiger partial charge in [0.25, 0.3) is 5.56 Å². The smallest absolute Gasteiger partial charge is 0.398 e. The van der Waals surface area contributed by atoms with Gasteiger partial charge in [-0.3, -0.25) is 4.79 Å². The van der Waals surface area contributed by atoms with Gasteiger partial charge < -0.3 is 9.72 Å². The fourth-order valence-electron chi connectivity index (χ4n) is 0.769. The van der Waals surface area contributed by atoms with E-state index in [2.05, 4.69) is 4.74 Å². The summed E-state index contributed by atoms with van der Waals surface area (Å²) in [5, 5.41) is 8.39. The minimum Gasteiger partial charge on any atom is -0.398 e. The molecule has 1 aromatic heterocycles. The number of H-pyrrole nitrogens is 1. The first-order valence-corrected chi connectivity index (χ1v) is 3.31. The van der Waals surface area contributed by atoms with Crippen molar-refractivity contribution in [3.05, 3.63) is 28.2 Å². The number of aromatic amines is 1. The van der Waals surface area contributed by atoms with Crippen molar-refractivity contribution in [3.63, 3.8) is 0 Å². The average molecular weight is 204 g/mol. The molecule has 0 spiro atoms. The average Bonchev–Trinajstić information content (AvgIpc) is 2.06. The molecule has 14 heavy (non-hydrogen) atoms. The Morgan fingerprint density at radius 2 is 2.14 bits per heavy atom. The van der Waals surface area contributed by atoms with Crippen molar-refractivity contribution in [2.24, 2.45) is 0 Å². The lowest BCUT2D eigenvalue weighted by atomic mass is 10.3. The molecule has 0 aliphatic heterocycles. The number of ether oxygens (including phenoxy) is 1. The van der Waals surface area contributed by atoms with Gasteiger partial charge in [-0.2, -0.15) is 5.26 Å². The monoisotopic (exact) mass is 204 g/mol. The lowest BCUT2D eigenvalue weighted by Gasteiger charge is -2.08. The quantitative estimate of drug-likeness (QED) is 0.745. The molecule has 0 radical (unpaired) electrons. The standard InChI is InChI=1S/C7H3F3N2O2/c8-7(9,10)14-5-4(3-11)1-2-12-6(5)13/h1-2H,(H,12,13). The fraction of sp³-hybridized carbons (Fsp3) is 0.143. The molecular weight excluding hydrogens is 201 g/mol. The van der Waals surface area contributed by atoms with Gasteiger partial charge in [0, 0.05) is 6.20 Å². The number of hydrogen-bond acceptors (Lipinski definition) is 3. The van der Waals surface area contributed by atoms with Crippen molar-refractivity contribution in [3.8, 4) is 11.8 Å². The topological polar surface area (TPSA) is 65.9 Å². The first-order chi connectivity index (χ1) is 6.44. The van der Waals surface area contributed by atoms with Crippen molar-refractivity contribution < 1.29 is 17.9 Å².